The van der Waals surface area contributed by atoms with Crippen LogP contribution in [-0.4, -0.2) is 25.5 Å². The van der Waals surface area contributed by atoms with Crippen LogP contribution in [0.4, 0.5) is 0 Å². The first-order valence-corrected chi connectivity index (χ1v) is 9.15. The van der Waals surface area contributed by atoms with Crippen molar-refractivity contribution in [3.8, 4) is 5.75 Å². The Hall–Kier alpha value is -2.62. The van der Waals surface area contributed by atoms with E-state index in [1.165, 1.54) is 5.56 Å². The molecular formula is C22H26O4. The van der Waals surface area contributed by atoms with Gasteiger partial charge >= 0.3 is 5.97 Å². The molecule has 0 saturated heterocycles. The summed E-state index contributed by atoms with van der Waals surface area (Å²) in [7, 11) is 0. The molecule has 4 heteroatoms. The normalized spacial score (nSPS) is 10.3. The van der Waals surface area contributed by atoms with E-state index in [0.29, 0.717) is 30.9 Å². The minimum Gasteiger partial charge on any atom is -0.494 e. The molecule has 26 heavy (non-hydrogen) atoms. The molecule has 0 bridgehead atoms. The first kappa shape index (κ1) is 19.7. The molecule has 0 radical (unpaired) electrons. The second-order valence-electron chi connectivity index (χ2n) is 6.16. The third kappa shape index (κ3) is 7.97. The Labute approximate surface area is 155 Å². The van der Waals surface area contributed by atoms with Gasteiger partial charge in [0.15, 0.2) is 0 Å². The van der Waals surface area contributed by atoms with Crippen molar-refractivity contribution in [1.82, 2.24) is 0 Å². The monoisotopic (exact) mass is 354 g/mol. The van der Waals surface area contributed by atoms with Crippen molar-refractivity contribution in [3.63, 3.8) is 0 Å². The van der Waals surface area contributed by atoms with Gasteiger partial charge in [-0.15, -0.1) is 0 Å². The number of hydrogen-bond acceptors (Lipinski definition) is 4. The van der Waals surface area contributed by atoms with Crippen LogP contribution < -0.4 is 4.74 Å². The molecule has 2 aromatic carbocycles. The summed E-state index contributed by atoms with van der Waals surface area (Å²) in [6.07, 6.45) is 5.63. The number of rotatable bonds is 12. The lowest BCUT2D eigenvalue weighted by atomic mass is 10.1. The van der Waals surface area contributed by atoms with E-state index in [2.05, 4.69) is 12.1 Å². The molecule has 0 N–H and O–H groups in total. The maximum Gasteiger partial charge on any atom is 0.305 e. The molecule has 0 aromatic heterocycles. The Kier molecular flexibility index (Phi) is 8.98. The van der Waals surface area contributed by atoms with Gasteiger partial charge in [0.05, 0.1) is 13.2 Å². The van der Waals surface area contributed by atoms with Crippen molar-refractivity contribution in [3.05, 3.63) is 65.7 Å². The number of carbonyl (C=O) groups excluding carboxylic acids is 2. The molecule has 0 aliphatic rings. The van der Waals surface area contributed by atoms with Crippen LogP contribution in [0.1, 0.15) is 48.0 Å². The third-order valence-electron chi connectivity index (χ3n) is 4.00. The molecule has 2 aromatic rings. The number of benzene rings is 2. The van der Waals surface area contributed by atoms with Crippen LogP contribution in [0.15, 0.2) is 54.6 Å². The zero-order chi connectivity index (χ0) is 18.5. The van der Waals surface area contributed by atoms with Gasteiger partial charge in [0.2, 0.25) is 0 Å². The number of carbonyl (C=O) groups is 2. The molecule has 0 saturated carbocycles. The van der Waals surface area contributed by atoms with Gasteiger partial charge in [-0.05, 0) is 49.8 Å². The molecule has 0 fully saturated rings. The van der Waals surface area contributed by atoms with Crippen LogP contribution >= 0.6 is 0 Å². The maximum atomic E-state index is 11.7. The highest BCUT2D eigenvalue weighted by Gasteiger charge is 2.03. The molecular weight excluding hydrogens is 328 g/mol. The second kappa shape index (κ2) is 11.9. The lowest BCUT2D eigenvalue weighted by Crippen LogP contribution is -2.07. The van der Waals surface area contributed by atoms with Crippen molar-refractivity contribution < 1.29 is 19.1 Å². The van der Waals surface area contributed by atoms with E-state index in [4.69, 9.17) is 9.47 Å². The zero-order valence-corrected chi connectivity index (χ0v) is 15.1. The lowest BCUT2D eigenvalue weighted by molar-refractivity contribution is -0.143. The minimum atomic E-state index is -0.146. The number of esters is 1. The Morgan fingerprint density at radius 1 is 0.885 bits per heavy atom. The lowest BCUT2D eigenvalue weighted by Gasteiger charge is -2.07. The number of ether oxygens (including phenoxy) is 2. The fourth-order valence-electron chi connectivity index (χ4n) is 2.57. The van der Waals surface area contributed by atoms with Gasteiger partial charge < -0.3 is 9.47 Å². The summed E-state index contributed by atoms with van der Waals surface area (Å²) in [4.78, 5) is 22.4. The highest BCUT2D eigenvalue weighted by Crippen LogP contribution is 2.12. The summed E-state index contributed by atoms with van der Waals surface area (Å²) in [5.74, 6) is 0.531. The van der Waals surface area contributed by atoms with Gasteiger partial charge in [-0.2, -0.15) is 0 Å². The van der Waals surface area contributed by atoms with E-state index in [0.717, 1.165) is 38.4 Å². The predicted molar refractivity (Wildman–Crippen MR) is 102 cm³/mol. The van der Waals surface area contributed by atoms with Gasteiger partial charge in [-0.3, -0.25) is 9.59 Å². The van der Waals surface area contributed by atoms with Crippen molar-refractivity contribution in [1.29, 1.82) is 0 Å². The summed E-state index contributed by atoms with van der Waals surface area (Å²) < 4.78 is 10.8. The molecule has 0 aliphatic heterocycles. The van der Waals surface area contributed by atoms with Crippen LogP contribution in [-0.2, 0) is 16.0 Å². The molecule has 2 rings (SSSR count). The Morgan fingerprint density at radius 2 is 1.69 bits per heavy atom. The standard InChI is InChI=1S/C22H26O4/c23-18-20-12-8-13-21(17-20)25-15-7-5-14-22(24)26-16-6-4-11-19-9-2-1-3-10-19/h1-3,8-10,12-13,17-18H,4-7,11,14-16H2. The zero-order valence-electron chi connectivity index (χ0n) is 15.1. The van der Waals surface area contributed by atoms with E-state index in [-0.39, 0.29) is 5.97 Å². The highest BCUT2D eigenvalue weighted by atomic mass is 16.5. The van der Waals surface area contributed by atoms with E-state index in [9.17, 15) is 9.59 Å². The van der Waals surface area contributed by atoms with Gasteiger partial charge in [0.25, 0.3) is 0 Å². The molecule has 0 unspecified atom stereocenters. The maximum absolute atomic E-state index is 11.7. The summed E-state index contributed by atoms with van der Waals surface area (Å²) >= 11 is 0. The summed E-state index contributed by atoms with van der Waals surface area (Å²) in [6.45, 7) is 1.01. The number of hydrogen-bond donors (Lipinski definition) is 0. The third-order valence-corrected chi connectivity index (χ3v) is 4.00. The van der Waals surface area contributed by atoms with Gasteiger partial charge in [0, 0.05) is 12.0 Å². The summed E-state index contributed by atoms with van der Waals surface area (Å²) in [5, 5.41) is 0. The molecule has 0 amide bonds. The van der Waals surface area contributed by atoms with Gasteiger partial charge in [0.1, 0.15) is 12.0 Å². The highest BCUT2D eigenvalue weighted by molar-refractivity contribution is 5.75. The van der Waals surface area contributed by atoms with Crippen molar-refractivity contribution >= 4 is 12.3 Å². The molecule has 0 aliphatic carbocycles. The first-order valence-electron chi connectivity index (χ1n) is 9.15. The topological polar surface area (TPSA) is 52.6 Å². The summed E-state index contributed by atoms with van der Waals surface area (Å²) in [6, 6.07) is 17.4. The average Bonchev–Trinajstić information content (AvgIpc) is 2.68. The van der Waals surface area contributed by atoms with Crippen molar-refractivity contribution in [2.24, 2.45) is 0 Å². The second-order valence-corrected chi connectivity index (χ2v) is 6.16. The largest absolute Gasteiger partial charge is 0.494 e. The average molecular weight is 354 g/mol. The summed E-state index contributed by atoms with van der Waals surface area (Å²) in [5.41, 5.74) is 1.91. The first-order chi connectivity index (χ1) is 12.8. The van der Waals surface area contributed by atoms with E-state index in [1.54, 1.807) is 18.2 Å². The quantitative estimate of drug-likeness (QED) is 0.317. The van der Waals surface area contributed by atoms with Crippen LogP contribution in [0.5, 0.6) is 5.75 Å². The van der Waals surface area contributed by atoms with Gasteiger partial charge in [-0.25, -0.2) is 0 Å². The molecule has 0 heterocycles. The van der Waals surface area contributed by atoms with E-state index >= 15 is 0 Å². The van der Waals surface area contributed by atoms with Crippen LogP contribution in [0.25, 0.3) is 0 Å². The molecule has 0 spiro atoms. The molecule has 138 valence electrons. The Bertz CT molecular complexity index is 667. The van der Waals surface area contributed by atoms with Crippen LogP contribution in [0.2, 0.25) is 0 Å². The van der Waals surface area contributed by atoms with Gasteiger partial charge in [-0.1, -0.05) is 42.5 Å². The Morgan fingerprint density at radius 3 is 2.50 bits per heavy atom. The van der Waals surface area contributed by atoms with E-state index in [1.807, 2.05) is 24.3 Å². The van der Waals surface area contributed by atoms with Crippen molar-refractivity contribution in [2.75, 3.05) is 13.2 Å². The number of aryl methyl sites for hydroxylation is 1. The van der Waals surface area contributed by atoms with Crippen LogP contribution in [0.3, 0.4) is 0 Å². The van der Waals surface area contributed by atoms with E-state index < -0.39 is 0 Å². The number of aldehydes is 1. The molecule has 4 nitrogen and oxygen atoms in total. The fraction of sp³-hybridized carbons (Fsp3) is 0.364. The molecule has 0 atom stereocenters. The Balaban J connectivity index is 1.46. The number of unbranched alkanes of at least 4 members (excludes halogenated alkanes) is 2. The SMILES string of the molecule is O=Cc1cccc(OCCCCC(=O)OCCCCc2ccccc2)c1. The van der Waals surface area contributed by atoms with Crippen LogP contribution in [0, 0.1) is 0 Å². The smallest absolute Gasteiger partial charge is 0.305 e. The minimum absolute atomic E-state index is 0.146. The van der Waals surface area contributed by atoms with Crippen molar-refractivity contribution in [2.45, 2.75) is 38.5 Å². The fourth-order valence-corrected chi connectivity index (χ4v) is 2.57. The predicted octanol–water partition coefficient (Wildman–Crippen LogP) is 4.61.